The SMILES string of the molecule is CC(C)(C)OC(=O)N[C@]1(C(=O)OCc2ccc([N+](=O)[O-])cc2)C[C@H]1c1cccc(O[Si](C)(C)C(C)(C)C)c1. The maximum atomic E-state index is 13.4. The molecule has 1 saturated carbocycles. The summed E-state index contributed by atoms with van der Waals surface area (Å²) in [4.78, 5) is 36.5. The first kappa shape index (κ1) is 29.2. The van der Waals surface area contributed by atoms with Gasteiger partial charge in [-0.3, -0.25) is 10.1 Å². The van der Waals surface area contributed by atoms with Crippen molar-refractivity contribution in [3.8, 4) is 5.75 Å². The van der Waals surface area contributed by atoms with Crippen molar-refractivity contribution in [1.82, 2.24) is 5.32 Å². The number of ether oxygens (including phenoxy) is 2. The lowest BCUT2D eigenvalue weighted by molar-refractivity contribution is -0.384. The van der Waals surface area contributed by atoms with E-state index in [0.717, 1.165) is 11.3 Å². The van der Waals surface area contributed by atoms with Gasteiger partial charge in [0.1, 0.15) is 23.5 Å². The minimum Gasteiger partial charge on any atom is -0.543 e. The van der Waals surface area contributed by atoms with Crippen LogP contribution in [0.15, 0.2) is 48.5 Å². The molecule has 2 aromatic carbocycles. The van der Waals surface area contributed by atoms with Crippen molar-refractivity contribution in [3.05, 3.63) is 69.8 Å². The number of nitrogens with one attached hydrogen (secondary N) is 1. The highest BCUT2D eigenvalue weighted by molar-refractivity contribution is 6.74. The van der Waals surface area contributed by atoms with Gasteiger partial charge in [-0.25, -0.2) is 9.59 Å². The number of hydrogen-bond donors (Lipinski definition) is 1. The Hall–Kier alpha value is -3.40. The van der Waals surface area contributed by atoms with Crippen LogP contribution in [0.5, 0.6) is 5.75 Å². The van der Waals surface area contributed by atoms with Crippen LogP contribution in [-0.2, 0) is 20.9 Å². The lowest BCUT2D eigenvalue weighted by atomic mass is 10.1. The summed E-state index contributed by atoms with van der Waals surface area (Å²) in [5, 5.41) is 13.7. The Balaban J connectivity index is 1.82. The third-order valence-electron chi connectivity index (χ3n) is 7.01. The Labute approximate surface area is 225 Å². The van der Waals surface area contributed by atoms with E-state index >= 15 is 0 Å². The minimum atomic E-state index is -2.08. The number of carbonyl (C=O) groups excluding carboxylic acids is 2. The Bertz CT molecular complexity index is 1200. The van der Waals surface area contributed by atoms with Gasteiger partial charge < -0.3 is 19.2 Å². The van der Waals surface area contributed by atoms with Crippen LogP contribution >= 0.6 is 0 Å². The van der Waals surface area contributed by atoms with Gasteiger partial charge in [0.2, 0.25) is 8.32 Å². The molecule has 2 atom stereocenters. The Morgan fingerprint density at radius 1 is 1.08 bits per heavy atom. The Kier molecular flexibility index (Phi) is 7.98. The van der Waals surface area contributed by atoms with E-state index in [1.54, 1.807) is 20.8 Å². The summed E-state index contributed by atoms with van der Waals surface area (Å²) < 4.78 is 17.5. The van der Waals surface area contributed by atoms with Crippen molar-refractivity contribution < 1.29 is 28.4 Å². The number of nitro benzene ring substituents is 1. The fraction of sp³-hybridized carbons (Fsp3) is 0.500. The Morgan fingerprint density at radius 3 is 2.26 bits per heavy atom. The van der Waals surface area contributed by atoms with Crippen LogP contribution in [0.2, 0.25) is 18.1 Å². The first-order valence-corrected chi connectivity index (χ1v) is 15.5. The van der Waals surface area contributed by atoms with Crippen LogP contribution < -0.4 is 9.74 Å². The second kappa shape index (κ2) is 10.4. The zero-order valence-electron chi connectivity index (χ0n) is 23.4. The van der Waals surface area contributed by atoms with E-state index in [4.69, 9.17) is 13.9 Å². The number of alkyl carbamates (subject to hydrolysis) is 1. The summed E-state index contributed by atoms with van der Waals surface area (Å²) in [6, 6.07) is 13.4. The summed E-state index contributed by atoms with van der Waals surface area (Å²) >= 11 is 0. The maximum Gasteiger partial charge on any atom is 0.408 e. The fourth-order valence-corrected chi connectivity index (χ4v) is 4.82. The molecule has 0 unspecified atom stereocenters. The number of nitro groups is 1. The third-order valence-corrected chi connectivity index (χ3v) is 11.4. The largest absolute Gasteiger partial charge is 0.543 e. The summed E-state index contributed by atoms with van der Waals surface area (Å²) in [6.07, 6.45) is -0.365. The van der Waals surface area contributed by atoms with Crippen LogP contribution in [0.1, 0.15) is 65.0 Å². The van der Waals surface area contributed by atoms with Crippen molar-refractivity contribution >= 4 is 26.1 Å². The van der Waals surface area contributed by atoms with Crippen molar-refractivity contribution in [2.75, 3.05) is 0 Å². The van der Waals surface area contributed by atoms with E-state index in [1.165, 1.54) is 24.3 Å². The molecule has 1 aliphatic carbocycles. The highest BCUT2D eigenvalue weighted by Gasteiger charge is 2.63. The molecule has 0 radical (unpaired) electrons. The second-order valence-corrected chi connectivity index (χ2v) is 17.0. The number of carbonyl (C=O) groups is 2. The molecule has 1 amide bonds. The molecule has 1 aliphatic rings. The summed E-state index contributed by atoms with van der Waals surface area (Å²) in [6.45, 7) is 16.0. The minimum absolute atomic E-state index is 0.0201. The van der Waals surface area contributed by atoms with Crippen molar-refractivity contribution in [2.45, 2.75) is 89.8 Å². The first-order chi connectivity index (χ1) is 17.4. The number of rotatable bonds is 8. The number of non-ortho nitro benzene ring substituents is 1. The average molecular weight is 543 g/mol. The Morgan fingerprint density at radius 2 is 1.71 bits per heavy atom. The normalized spacial score (nSPS) is 19.3. The molecule has 0 aromatic heterocycles. The highest BCUT2D eigenvalue weighted by Crippen LogP contribution is 2.53. The maximum absolute atomic E-state index is 13.4. The topological polar surface area (TPSA) is 117 Å². The zero-order valence-corrected chi connectivity index (χ0v) is 24.4. The summed E-state index contributed by atoms with van der Waals surface area (Å²) in [5.74, 6) is -0.198. The van der Waals surface area contributed by atoms with Gasteiger partial charge in [-0.2, -0.15) is 0 Å². The van der Waals surface area contributed by atoms with E-state index in [2.05, 4.69) is 39.2 Å². The highest BCUT2D eigenvalue weighted by atomic mass is 28.4. The van der Waals surface area contributed by atoms with Gasteiger partial charge in [-0.05, 0) is 80.7 Å². The molecule has 9 nitrogen and oxygen atoms in total. The number of esters is 1. The molecule has 2 aromatic rings. The summed E-state index contributed by atoms with van der Waals surface area (Å²) in [7, 11) is -2.08. The lowest BCUT2D eigenvalue weighted by Crippen LogP contribution is -2.47. The predicted molar refractivity (Wildman–Crippen MR) is 147 cm³/mol. The molecule has 0 saturated heterocycles. The quantitative estimate of drug-likeness (QED) is 0.176. The van der Waals surface area contributed by atoms with E-state index < -0.39 is 36.4 Å². The molecule has 0 aliphatic heterocycles. The van der Waals surface area contributed by atoms with Gasteiger partial charge in [-0.1, -0.05) is 32.9 Å². The molecule has 10 heteroatoms. The van der Waals surface area contributed by atoms with E-state index in [1.807, 2.05) is 24.3 Å². The van der Waals surface area contributed by atoms with Gasteiger partial charge in [-0.15, -0.1) is 0 Å². The number of nitrogens with zero attached hydrogens (tertiary/aromatic N) is 1. The molecule has 1 fully saturated rings. The predicted octanol–water partition coefficient (Wildman–Crippen LogP) is 6.47. The number of benzene rings is 2. The van der Waals surface area contributed by atoms with Crippen LogP contribution in [0.4, 0.5) is 10.5 Å². The molecular weight excluding hydrogens is 504 g/mol. The van der Waals surface area contributed by atoms with Crippen molar-refractivity contribution in [2.24, 2.45) is 0 Å². The number of amides is 1. The van der Waals surface area contributed by atoms with Gasteiger partial charge in [0.25, 0.3) is 5.69 Å². The van der Waals surface area contributed by atoms with E-state index in [0.29, 0.717) is 12.0 Å². The van der Waals surface area contributed by atoms with Crippen molar-refractivity contribution in [1.29, 1.82) is 0 Å². The molecular formula is C28H38N2O7Si. The summed E-state index contributed by atoms with van der Waals surface area (Å²) in [5.41, 5.74) is -0.637. The third kappa shape index (κ3) is 6.92. The lowest BCUT2D eigenvalue weighted by Gasteiger charge is -2.36. The first-order valence-electron chi connectivity index (χ1n) is 12.6. The van der Waals surface area contributed by atoms with Gasteiger partial charge >= 0.3 is 12.1 Å². The molecule has 3 rings (SSSR count). The van der Waals surface area contributed by atoms with Crippen LogP contribution in [0.3, 0.4) is 0 Å². The van der Waals surface area contributed by atoms with E-state index in [9.17, 15) is 19.7 Å². The molecule has 0 heterocycles. The second-order valence-electron chi connectivity index (χ2n) is 12.3. The molecule has 38 heavy (non-hydrogen) atoms. The zero-order chi connectivity index (χ0) is 28.5. The standard InChI is InChI=1S/C28H38N2O7Si/c1-26(2,3)36-25(32)29-28(24(31)35-18-19-12-14-21(15-13-19)30(33)34)17-23(28)20-10-9-11-22(16-20)37-38(7,8)27(4,5)6/h9-16,23H,17-18H2,1-8H3,(H,29,32)/t23-,28+/m0/s1. The molecule has 0 spiro atoms. The number of hydrogen-bond acceptors (Lipinski definition) is 7. The molecule has 0 bridgehead atoms. The van der Waals surface area contributed by atoms with Crippen LogP contribution in [0.25, 0.3) is 0 Å². The van der Waals surface area contributed by atoms with Crippen LogP contribution in [-0.4, -0.2) is 36.4 Å². The van der Waals surface area contributed by atoms with Gasteiger partial charge in [0.05, 0.1) is 4.92 Å². The van der Waals surface area contributed by atoms with Crippen molar-refractivity contribution in [3.63, 3.8) is 0 Å². The van der Waals surface area contributed by atoms with Gasteiger partial charge in [0, 0.05) is 18.1 Å². The average Bonchev–Trinajstić information content (AvgIpc) is 3.50. The van der Waals surface area contributed by atoms with E-state index in [-0.39, 0.29) is 23.3 Å². The smallest absolute Gasteiger partial charge is 0.408 e. The van der Waals surface area contributed by atoms with Crippen LogP contribution in [0, 0.1) is 10.1 Å². The monoisotopic (exact) mass is 542 g/mol. The molecule has 206 valence electrons. The van der Waals surface area contributed by atoms with Gasteiger partial charge in [0.15, 0.2) is 0 Å². The molecule has 1 N–H and O–H groups in total. The fourth-order valence-electron chi connectivity index (χ4n) is 3.80.